The van der Waals surface area contributed by atoms with E-state index in [0.717, 1.165) is 16.9 Å². The predicted octanol–water partition coefficient (Wildman–Crippen LogP) is 2.41. The van der Waals surface area contributed by atoms with E-state index in [1.54, 1.807) is 4.90 Å². The molecular formula is C14H19NO3S. The van der Waals surface area contributed by atoms with Crippen LogP contribution in [0.15, 0.2) is 6.07 Å². The third-order valence-corrected chi connectivity index (χ3v) is 5.14. The van der Waals surface area contributed by atoms with E-state index in [2.05, 4.69) is 6.92 Å². The van der Waals surface area contributed by atoms with Gasteiger partial charge in [-0.05, 0) is 30.9 Å². The van der Waals surface area contributed by atoms with Crippen molar-refractivity contribution in [2.24, 2.45) is 11.8 Å². The quantitative estimate of drug-likeness (QED) is 0.925. The summed E-state index contributed by atoms with van der Waals surface area (Å²) < 4.78 is 0. The molecule has 1 saturated heterocycles. The third kappa shape index (κ3) is 2.66. The molecule has 0 saturated carbocycles. The topological polar surface area (TPSA) is 57.6 Å². The summed E-state index contributed by atoms with van der Waals surface area (Å²) in [5.74, 6) is -1.24. The van der Waals surface area contributed by atoms with Gasteiger partial charge in [0.25, 0.3) is 5.91 Å². The zero-order valence-electron chi connectivity index (χ0n) is 11.5. The predicted molar refractivity (Wildman–Crippen MR) is 74.6 cm³/mol. The molecule has 4 nitrogen and oxygen atoms in total. The van der Waals surface area contributed by atoms with Crippen LogP contribution in [0, 0.1) is 18.8 Å². The van der Waals surface area contributed by atoms with Crippen LogP contribution in [-0.2, 0) is 11.2 Å². The van der Waals surface area contributed by atoms with Gasteiger partial charge in [-0.2, -0.15) is 0 Å². The summed E-state index contributed by atoms with van der Waals surface area (Å²) in [6.07, 6.45) is 0.929. The van der Waals surface area contributed by atoms with Gasteiger partial charge in [-0.25, -0.2) is 0 Å². The van der Waals surface area contributed by atoms with Crippen molar-refractivity contribution in [1.82, 2.24) is 4.90 Å². The number of carboxylic acids is 1. The van der Waals surface area contributed by atoms with E-state index in [9.17, 15) is 9.59 Å². The molecule has 0 aliphatic carbocycles. The Morgan fingerprint density at radius 1 is 1.47 bits per heavy atom. The van der Waals surface area contributed by atoms with Crippen molar-refractivity contribution in [1.29, 1.82) is 0 Å². The van der Waals surface area contributed by atoms with Gasteiger partial charge in [-0.1, -0.05) is 13.8 Å². The average Bonchev–Trinajstić information content (AvgIpc) is 2.91. The summed E-state index contributed by atoms with van der Waals surface area (Å²) >= 11 is 1.53. The highest BCUT2D eigenvalue weighted by atomic mass is 32.1. The molecule has 1 aromatic rings. The molecule has 1 aromatic heterocycles. The maximum atomic E-state index is 12.4. The van der Waals surface area contributed by atoms with Crippen molar-refractivity contribution >= 4 is 23.2 Å². The number of likely N-dealkylation sites (tertiary alicyclic amines) is 1. The highest BCUT2D eigenvalue weighted by Crippen LogP contribution is 2.28. The van der Waals surface area contributed by atoms with Gasteiger partial charge >= 0.3 is 5.97 Å². The Hall–Kier alpha value is -1.36. The fourth-order valence-electron chi connectivity index (χ4n) is 2.59. The lowest BCUT2D eigenvalue weighted by atomic mass is 9.99. The van der Waals surface area contributed by atoms with Crippen LogP contribution in [-0.4, -0.2) is 35.0 Å². The van der Waals surface area contributed by atoms with Crippen LogP contribution in [0.2, 0.25) is 0 Å². The van der Waals surface area contributed by atoms with E-state index in [0.29, 0.717) is 13.1 Å². The van der Waals surface area contributed by atoms with E-state index in [1.165, 1.54) is 16.2 Å². The molecule has 0 aromatic carbocycles. The molecule has 5 heteroatoms. The Morgan fingerprint density at radius 3 is 2.63 bits per heavy atom. The number of hydrogen-bond acceptors (Lipinski definition) is 3. The number of aliphatic carboxylic acids is 1. The van der Waals surface area contributed by atoms with Crippen molar-refractivity contribution in [3.8, 4) is 0 Å². The van der Waals surface area contributed by atoms with E-state index < -0.39 is 11.9 Å². The number of amides is 1. The molecule has 2 atom stereocenters. The van der Waals surface area contributed by atoms with Gasteiger partial charge in [0, 0.05) is 18.0 Å². The minimum Gasteiger partial charge on any atom is -0.481 e. The maximum Gasteiger partial charge on any atom is 0.308 e. The Morgan fingerprint density at radius 2 is 2.16 bits per heavy atom. The Labute approximate surface area is 117 Å². The summed E-state index contributed by atoms with van der Waals surface area (Å²) in [5.41, 5.74) is 1.15. The lowest BCUT2D eigenvalue weighted by molar-refractivity contribution is -0.142. The number of hydrogen-bond donors (Lipinski definition) is 1. The Balaban J connectivity index is 2.14. The summed E-state index contributed by atoms with van der Waals surface area (Å²) in [6, 6.07) is 1.92. The Bertz CT molecular complexity index is 509. The molecule has 1 fully saturated rings. The number of thiophene rings is 1. The van der Waals surface area contributed by atoms with Gasteiger partial charge in [0.1, 0.15) is 0 Å². The van der Waals surface area contributed by atoms with Crippen molar-refractivity contribution in [2.45, 2.75) is 27.2 Å². The molecule has 19 heavy (non-hydrogen) atoms. The van der Waals surface area contributed by atoms with Gasteiger partial charge in [0.15, 0.2) is 0 Å². The smallest absolute Gasteiger partial charge is 0.308 e. The normalized spacial score (nSPS) is 22.8. The van der Waals surface area contributed by atoms with Crippen LogP contribution in [0.5, 0.6) is 0 Å². The SMILES string of the molecule is CCc1sc(C(=O)N2C[C@@H](C)[C@H](C(=O)O)C2)cc1C. The van der Waals surface area contributed by atoms with E-state index in [1.807, 2.05) is 19.9 Å². The molecule has 0 spiro atoms. The van der Waals surface area contributed by atoms with Crippen molar-refractivity contribution in [3.05, 3.63) is 21.4 Å². The highest BCUT2D eigenvalue weighted by molar-refractivity contribution is 7.14. The van der Waals surface area contributed by atoms with Gasteiger partial charge in [-0.3, -0.25) is 9.59 Å². The molecule has 2 heterocycles. The van der Waals surface area contributed by atoms with Gasteiger partial charge in [0.05, 0.1) is 10.8 Å². The first-order valence-corrected chi connectivity index (χ1v) is 7.37. The molecule has 0 bridgehead atoms. The minimum atomic E-state index is -0.806. The summed E-state index contributed by atoms with van der Waals surface area (Å²) in [6.45, 7) is 6.84. The molecule has 2 rings (SSSR count). The van der Waals surface area contributed by atoms with Crippen LogP contribution in [0.1, 0.15) is 34.0 Å². The summed E-state index contributed by atoms with van der Waals surface area (Å²) in [5, 5.41) is 9.10. The number of aryl methyl sites for hydroxylation is 2. The van der Waals surface area contributed by atoms with Crippen LogP contribution in [0.25, 0.3) is 0 Å². The van der Waals surface area contributed by atoms with Crippen molar-refractivity contribution in [3.63, 3.8) is 0 Å². The highest BCUT2D eigenvalue weighted by Gasteiger charge is 2.37. The number of nitrogens with zero attached hydrogens (tertiary/aromatic N) is 1. The molecule has 1 aliphatic rings. The lowest BCUT2D eigenvalue weighted by Gasteiger charge is -2.14. The van der Waals surface area contributed by atoms with Crippen molar-refractivity contribution < 1.29 is 14.7 Å². The molecule has 0 unspecified atom stereocenters. The standard InChI is InChI=1S/C14H19NO3S/c1-4-11-8(2)5-12(19-11)13(16)15-6-9(3)10(7-15)14(17)18/h5,9-10H,4,6-7H2,1-3H3,(H,17,18)/t9-,10-/m1/s1. The zero-order chi connectivity index (χ0) is 14.2. The number of carbonyl (C=O) groups excluding carboxylic acids is 1. The van der Waals surface area contributed by atoms with Crippen LogP contribution >= 0.6 is 11.3 Å². The fraction of sp³-hybridized carbons (Fsp3) is 0.571. The van der Waals surface area contributed by atoms with E-state index >= 15 is 0 Å². The second-order valence-corrected chi connectivity index (χ2v) is 6.34. The van der Waals surface area contributed by atoms with E-state index in [-0.39, 0.29) is 11.8 Å². The molecule has 104 valence electrons. The first-order chi connectivity index (χ1) is 8.93. The van der Waals surface area contributed by atoms with Gasteiger partial charge < -0.3 is 10.0 Å². The number of carboxylic acid groups (broad SMARTS) is 1. The molecule has 0 radical (unpaired) electrons. The van der Waals surface area contributed by atoms with Crippen LogP contribution < -0.4 is 0 Å². The second kappa shape index (κ2) is 5.33. The second-order valence-electron chi connectivity index (χ2n) is 5.20. The van der Waals surface area contributed by atoms with Crippen LogP contribution in [0.3, 0.4) is 0 Å². The van der Waals surface area contributed by atoms with Gasteiger partial charge in [0.2, 0.25) is 0 Å². The van der Waals surface area contributed by atoms with Crippen LogP contribution in [0.4, 0.5) is 0 Å². The molecule has 1 amide bonds. The maximum absolute atomic E-state index is 12.4. The first-order valence-electron chi connectivity index (χ1n) is 6.55. The number of carbonyl (C=O) groups is 2. The molecular weight excluding hydrogens is 262 g/mol. The monoisotopic (exact) mass is 281 g/mol. The Kier molecular flexibility index (Phi) is 3.94. The zero-order valence-corrected chi connectivity index (χ0v) is 12.3. The third-order valence-electron chi connectivity index (χ3n) is 3.77. The lowest BCUT2D eigenvalue weighted by Crippen LogP contribution is -2.29. The minimum absolute atomic E-state index is 0.0214. The fourth-order valence-corrected chi connectivity index (χ4v) is 3.67. The van der Waals surface area contributed by atoms with E-state index in [4.69, 9.17) is 5.11 Å². The largest absolute Gasteiger partial charge is 0.481 e. The summed E-state index contributed by atoms with van der Waals surface area (Å²) in [7, 11) is 0. The van der Waals surface area contributed by atoms with Gasteiger partial charge in [-0.15, -0.1) is 11.3 Å². The molecule has 1 N–H and O–H groups in total. The average molecular weight is 281 g/mol. The summed E-state index contributed by atoms with van der Waals surface area (Å²) in [4.78, 5) is 27.1. The first kappa shape index (κ1) is 14.1. The molecule has 1 aliphatic heterocycles. The van der Waals surface area contributed by atoms with Crippen molar-refractivity contribution in [2.75, 3.05) is 13.1 Å². The number of rotatable bonds is 3.